The molecule has 256 valence electrons. The Bertz CT molecular complexity index is 3090. The average molecular weight is 717 g/mol. The molecule has 10 aromatic rings. The zero-order chi connectivity index (χ0) is 36.1. The van der Waals surface area contributed by atoms with Gasteiger partial charge in [-0.15, -0.1) is 11.3 Å². The van der Waals surface area contributed by atoms with Gasteiger partial charge in [-0.05, 0) is 96.7 Å². The van der Waals surface area contributed by atoms with Crippen LogP contribution in [0.2, 0.25) is 0 Å². The molecule has 0 saturated heterocycles. The van der Waals surface area contributed by atoms with E-state index in [9.17, 15) is 0 Å². The minimum absolute atomic E-state index is 0.439. The van der Waals surface area contributed by atoms with Gasteiger partial charge in [0.25, 0.3) is 0 Å². The van der Waals surface area contributed by atoms with Gasteiger partial charge in [-0.25, -0.2) is 4.98 Å². The summed E-state index contributed by atoms with van der Waals surface area (Å²) >= 11 is 1.86. The number of fused-ring (bicyclic) bond motifs is 15. The first-order valence-corrected chi connectivity index (χ1v) is 19.7. The molecule has 0 saturated carbocycles. The van der Waals surface area contributed by atoms with E-state index in [0.717, 1.165) is 17.2 Å². The maximum absolute atomic E-state index is 5.27. The topological polar surface area (TPSA) is 16.1 Å². The number of anilines is 3. The van der Waals surface area contributed by atoms with Crippen molar-refractivity contribution in [3.8, 4) is 33.4 Å². The van der Waals surface area contributed by atoms with Crippen LogP contribution in [0.3, 0.4) is 0 Å². The molecule has 3 heteroatoms. The van der Waals surface area contributed by atoms with Crippen molar-refractivity contribution in [2.75, 3.05) is 4.90 Å². The molecular formula is C52H32N2S. The van der Waals surface area contributed by atoms with Gasteiger partial charge in [-0.1, -0.05) is 158 Å². The van der Waals surface area contributed by atoms with E-state index in [0.29, 0.717) is 0 Å². The SMILES string of the molecule is c1ccc(-c2ccc(N(c3ccc4c(c3)C3(c5ccccc5-c5ccccc53)c3ccccc3-4)c3nccc4sc5c6ccccc6ccc5c34)cc2)cc1. The van der Waals surface area contributed by atoms with Gasteiger partial charge in [0.05, 0.1) is 5.41 Å². The minimum Gasteiger partial charge on any atom is -0.294 e. The van der Waals surface area contributed by atoms with Crippen molar-refractivity contribution in [1.82, 2.24) is 4.98 Å². The number of rotatable bonds is 4. The Morgan fingerprint density at radius 1 is 0.436 bits per heavy atom. The van der Waals surface area contributed by atoms with E-state index in [1.165, 1.54) is 86.6 Å². The normalized spacial score (nSPS) is 13.2. The van der Waals surface area contributed by atoms with Crippen molar-refractivity contribution in [1.29, 1.82) is 0 Å². The number of hydrogen-bond donors (Lipinski definition) is 0. The van der Waals surface area contributed by atoms with E-state index in [-0.39, 0.29) is 0 Å². The summed E-state index contributed by atoms with van der Waals surface area (Å²) in [6, 6.07) is 69.2. The van der Waals surface area contributed by atoms with Gasteiger partial charge in [0, 0.05) is 37.7 Å². The van der Waals surface area contributed by atoms with Crippen molar-refractivity contribution in [2.45, 2.75) is 5.41 Å². The Kier molecular flexibility index (Phi) is 6.46. The van der Waals surface area contributed by atoms with Gasteiger partial charge in [0.2, 0.25) is 0 Å². The molecule has 2 heterocycles. The Labute approximate surface area is 323 Å². The first kappa shape index (κ1) is 30.6. The summed E-state index contributed by atoms with van der Waals surface area (Å²) in [6.07, 6.45) is 1.98. The summed E-state index contributed by atoms with van der Waals surface area (Å²) < 4.78 is 2.52. The molecule has 0 N–H and O–H groups in total. The monoisotopic (exact) mass is 716 g/mol. The molecule has 0 radical (unpaired) electrons. The summed E-state index contributed by atoms with van der Waals surface area (Å²) in [5.74, 6) is 0.934. The van der Waals surface area contributed by atoms with Gasteiger partial charge < -0.3 is 0 Å². The summed E-state index contributed by atoms with van der Waals surface area (Å²) in [6.45, 7) is 0. The maximum Gasteiger partial charge on any atom is 0.146 e. The molecular weight excluding hydrogens is 685 g/mol. The Hall–Kier alpha value is -6.81. The van der Waals surface area contributed by atoms with Gasteiger partial charge >= 0.3 is 0 Å². The average Bonchev–Trinajstić information content (AvgIpc) is 3.89. The predicted octanol–water partition coefficient (Wildman–Crippen LogP) is 14.1. The van der Waals surface area contributed by atoms with E-state index in [4.69, 9.17) is 4.98 Å². The van der Waals surface area contributed by atoms with Crippen molar-refractivity contribution >= 4 is 59.5 Å². The standard InChI is InChI=1S/C52H32N2S/c1-2-12-33(13-3-1)34-22-25-36(26-23-34)54(51-49-43-28-24-35-14-4-5-15-38(35)50(43)55-48(49)30-31-53-51)37-27-29-42-41-18-8-11-21-46(41)52(47(42)32-37)44-19-9-6-16-39(44)40-17-7-10-20-45(40)52/h1-32H. The highest BCUT2D eigenvalue weighted by molar-refractivity contribution is 7.26. The van der Waals surface area contributed by atoms with E-state index in [1.807, 2.05) is 17.5 Å². The second-order valence-corrected chi connectivity index (χ2v) is 15.7. The van der Waals surface area contributed by atoms with Crippen LogP contribution in [0, 0.1) is 0 Å². The van der Waals surface area contributed by atoms with Gasteiger partial charge in [-0.3, -0.25) is 4.90 Å². The lowest BCUT2D eigenvalue weighted by Crippen LogP contribution is -2.26. The lowest BCUT2D eigenvalue weighted by molar-refractivity contribution is 0.793. The molecule has 2 aromatic heterocycles. The summed E-state index contributed by atoms with van der Waals surface area (Å²) in [5, 5.41) is 4.94. The van der Waals surface area contributed by atoms with Crippen molar-refractivity contribution in [3.63, 3.8) is 0 Å². The van der Waals surface area contributed by atoms with Crippen LogP contribution in [0.4, 0.5) is 17.2 Å². The molecule has 0 fully saturated rings. The molecule has 0 atom stereocenters. The first-order valence-electron chi connectivity index (χ1n) is 18.9. The molecule has 2 aliphatic rings. The molecule has 12 rings (SSSR count). The highest BCUT2D eigenvalue weighted by Crippen LogP contribution is 2.63. The van der Waals surface area contributed by atoms with Crippen LogP contribution in [0.1, 0.15) is 22.3 Å². The number of benzene rings is 8. The van der Waals surface area contributed by atoms with Crippen molar-refractivity contribution in [2.24, 2.45) is 0 Å². The Balaban J connectivity index is 1.14. The molecule has 0 unspecified atom stereocenters. The third kappa shape index (κ3) is 4.22. The highest BCUT2D eigenvalue weighted by Gasteiger charge is 2.51. The van der Waals surface area contributed by atoms with Crippen LogP contribution in [0.15, 0.2) is 194 Å². The fourth-order valence-corrected chi connectivity index (χ4v) is 10.9. The third-order valence-electron chi connectivity index (χ3n) is 11.9. The number of thiophene rings is 1. The highest BCUT2D eigenvalue weighted by atomic mass is 32.1. The number of aromatic nitrogens is 1. The zero-order valence-electron chi connectivity index (χ0n) is 29.8. The number of hydrogen-bond acceptors (Lipinski definition) is 3. The fraction of sp³-hybridized carbons (Fsp3) is 0.0192. The van der Waals surface area contributed by atoms with E-state index in [2.05, 4.69) is 193 Å². The molecule has 8 aromatic carbocycles. The summed E-state index contributed by atoms with van der Waals surface area (Å²) in [5.41, 5.74) is 14.6. The number of pyridine rings is 1. The Morgan fingerprint density at radius 2 is 1.02 bits per heavy atom. The zero-order valence-corrected chi connectivity index (χ0v) is 30.6. The Morgan fingerprint density at radius 3 is 1.73 bits per heavy atom. The largest absolute Gasteiger partial charge is 0.294 e. The summed E-state index contributed by atoms with van der Waals surface area (Å²) in [4.78, 5) is 7.66. The maximum atomic E-state index is 5.27. The van der Waals surface area contributed by atoms with E-state index < -0.39 is 5.41 Å². The van der Waals surface area contributed by atoms with Crippen LogP contribution in [-0.4, -0.2) is 4.98 Å². The first-order chi connectivity index (χ1) is 27.3. The van der Waals surface area contributed by atoms with Crippen LogP contribution in [0.5, 0.6) is 0 Å². The molecule has 0 bridgehead atoms. The van der Waals surface area contributed by atoms with Gasteiger partial charge in [0.1, 0.15) is 5.82 Å². The van der Waals surface area contributed by atoms with Crippen molar-refractivity contribution in [3.05, 3.63) is 217 Å². The molecule has 1 spiro atoms. The second-order valence-electron chi connectivity index (χ2n) is 14.6. The lowest BCUT2D eigenvalue weighted by Gasteiger charge is -2.32. The van der Waals surface area contributed by atoms with Gasteiger partial charge in [0.15, 0.2) is 0 Å². The third-order valence-corrected chi connectivity index (χ3v) is 13.1. The smallest absolute Gasteiger partial charge is 0.146 e. The van der Waals surface area contributed by atoms with E-state index in [1.54, 1.807) is 0 Å². The van der Waals surface area contributed by atoms with Crippen LogP contribution >= 0.6 is 11.3 Å². The quantitative estimate of drug-likeness (QED) is 0.180. The van der Waals surface area contributed by atoms with Crippen LogP contribution in [-0.2, 0) is 5.41 Å². The summed E-state index contributed by atoms with van der Waals surface area (Å²) in [7, 11) is 0. The molecule has 0 amide bonds. The molecule has 55 heavy (non-hydrogen) atoms. The second kappa shape index (κ2) is 11.6. The van der Waals surface area contributed by atoms with Gasteiger partial charge in [-0.2, -0.15) is 0 Å². The molecule has 0 aliphatic heterocycles. The van der Waals surface area contributed by atoms with Crippen molar-refractivity contribution < 1.29 is 0 Å². The van der Waals surface area contributed by atoms with Crippen LogP contribution in [0.25, 0.3) is 64.3 Å². The molecule has 2 aliphatic carbocycles. The van der Waals surface area contributed by atoms with E-state index >= 15 is 0 Å². The predicted molar refractivity (Wildman–Crippen MR) is 231 cm³/mol. The van der Waals surface area contributed by atoms with Crippen LogP contribution < -0.4 is 4.90 Å². The fourth-order valence-electron chi connectivity index (χ4n) is 9.65. The lowest BCUT2D eigenvalue weighted by atomic mass is 9.70. The minimum atomic E-state index is -0.439. The number of nitrogens with zero attached hydrogens (tertiary/aromatic N) is 2. The molecule has 2 nitrogen and oxygen atoms in total.